The largest absolute Gasteiger partial charge is 0.366 e. The van der Waals surface area contributed by atoms with Gasteiger partial charge in [0.05, 0.1) is 17.5 Å². The number of primary amides is 1. The van der Waals surface area contributed by atoms with Crippen molar-refractivity contribution in [1.82, 2.24) is 4.98 Å². The van der Waals surface area contributed by atoms with Crippen molar-refractivity contribution in [3.05, 3.63) is 28.8 Å². The Labute approximate surface area is 109 Å². The first kappa shape index (κ1) is 13.8. The quantitative estimate of drug-likeness (QED) is 0.900. The Morgan fingerprint density at radius 3 is 2.53 bits per heavy atom. The Hall–Kier alpha value is -1.59. The normalized spacial score (nSPS) is 19.4. The number of nitrogens with zero attached hydrogens (tertiary/aromatic N) is 1. The van der Waals surface area contributed by atoms with Crippen molar-refractivity contribution in [2.45, 2.75) is 44.4 Å². The maximum absolute atomic E-state index is 13.9. The van der Waals surface area contributed by atoms with Crippen LogP contribution in [0.3, 0.4) is 0 Å². The first-order valence-corrected chi connectivity index (χ1v) is 6.14. The van der Waals surface area contributed by atoms with Gasteiger partial charge >= 0.3 is 0 Å². The summed E-state index contributed by atoms with van der Waals surface area (Å²) in [5.74, 6) is -4.50. The lowest BCUT2D eigenvalue weighted by molar-refractivity contribution is -0.0384. The van der Waals surface area contributed by atoms with Crippen LogP contribution < -0.4 is 5.73 Å². The van der Waals surface area contributed by atoms with E-state index >= 15 is 0 Å². The topological polar surface area (TPSA) is 56.0 Å². The van der Waals surface area contributed by atoms with Crippen LogP contribution in [0.25, 0.3) is 0 Å². The summed E-state index contributed by atoms with van der Waals surface area (Å²) >= 11 is 0. The second-order valence-electron chi connectivity index (χ2n) is 4.97. The molecule has 2 rings (SSSR count). The number of hydrogen-bond acceptors (Lipinski definition) is 2. The summed E-state index contributed by atoms with van der Waals surface area (Å²) in [6, 6.07) is 0. The molecule has 3 nitrogen and oxygen atoms in total. The van der Waals surface area contributed by atoms with Gasteiger partial charge in [-0.05, 0) is 25.7 Å². The Kier molecular flexibility index (Phi) is 3.52. The van der Waals surface area contributed by atoms with Crippen molar-refractivity contribution in [3.8, 4) is 0 Å². The molecule has 1 saturated carbocycles. The highest BCUT2D eigenvalue weighted by molar-refractivity contribution is 5.95. The molecule has 0 radical (unpaired) electrons. The molecule has 0 spiro atoms. The van der Waals surface area contributed by atoms with Crippen molar-refractivity contribution < 1.29 is 18.0 Å². The van der Waals surface area contributed by atoms with Crippen LogP contribution in [0, 0.1) is 12.7 Å². The number of pyridine rings is 1. The molecule has 1 amide bonds. The minimum Gasteiger partial charge on any atom is -0.366 e. The Morgan fingerprint density at radius 1 is 1.42 bits per heavy atom. The van der Waals surface area contributed by atoms with Gasteiger partial charge in [-0.2, -0.15) is 0 Å². The summed E-state index contributed by atoms with van der Waals surface area (Å²) in [6.07, 6.45) is 0.721. The molecule has 1 fully saturated rings. The molecule has 0 bridgehead atoms. The van der Waals surface area contributed by atoms with Crippen molar-refractivity contribution in [3.63, 3.8) is 0 Å². The highest BCUT2D eigenvalue weighted by Crippen LogP contribution is 2.42. The fourth-order valence-electron chi connectivity index (χ4n) is 2.64. The third kappa shape index (κ3) is 2.72. The summed E-state index contributed by atoms with van der Waals surface area (Å²) in [7, 11) is 0. The first-order chi connectivity index (χ1) is 8.82. The van der Waals surface area contributed by atoms with Crippen LogP contribution in [0.2, 0.25) is 0 Å². The van der Waals surface area contributed by atoms with Gasteiger partial charge in [0, 0.05) is 18.4 Å². The molecule has 1 aliphatic rings. The highest BCUT2D eigenvalue weighted by Gasteiger charge is 2.37. The molecule has 2 N–H and O–H groups in total. The second-order valence-corrected chi connectivity index (χ2v) is 4.97. The molecular formula is C13H15F3N2O. The van der Waals surface area contributed by atoms with E-state index in [1.807, 2.05) is 0 Å². The van der Waals surface area contributed by atoms with E-state index in [0.717, 1.165) is 6.20 Å². The third-order valence-corrected chi connectivity index (χ3v) is 3.63. The molecule has 0 aliphatic heterocycles. The van der Waals surface area contributed by atoms with E-state index in [1.165, 1.54) is 0 Å². The average Bonchev–Trinajstić information content (AvgIpc) is 2.32. The zero-order chi connectivity index (χ0) is 14.2. The molecule has 19 heavy (non-hydrogen) atoms. The van der Waals surface area contributed by atoms with E-state index in [-0.39, 0.29) is 36.8 Å². The van der Waals surface area contributed by atoms with Gasteiger partial charge in [-0.25, -0.2) is 13.2 Å². The monoisotopic (exact) mass is 272 g/mol. The maximum Gasteiger partial charge on any atom is 0.250 e. The summed E-state index contributed by atoms with van der Waals surface area (Å²) in [6.45, 7) is 1.56. The van der Waals surface area contributed by atoms with E-state index in [4.69, 9.17) is 5.73 Å². The fraction of sp³-hybridized carbons (Fsp3) is 0.538. The van der Waals surface area contributed by atoms with Crippen LogP contribution in [0.1, 0.15) is 53.2 Å². The lowest BCUT2D eigenvalue weighted by Crippen LogP contribution is -2.26. The Balaban J connectivity index is 2.40. The number of hydrogen-bond donors (Lipinski definition) is 1. The number of aromatic nitrogens is 1. The lowest BCUT2D eigenvalue weighted by Gasteiger charge is -2.29. The van der Waals surface area contributed by atoms with Crippen molar-refractivity contribution in [1.29, 1.82) is 0 Å². The van der Waals surface area contributed by atoms with Gasteiger partial charge in [0.15, 0.2) is 0 Å². The van der Waals surface area contributed by atoms with Gasteiger partial charge in [0.25, 0.3) is 5.91 Å². The Bertz CT molecular complexity index is 507. The Morgan fingerprint density at radius 2 is 2.00 bits per heavy atom. The molecule has 6 heteroatoms. The van der Waals surface area contributed by atoms with Crippen LogP contribution in [0.4, 0.5) is 13.2 Å². The number of aryl methyl sites for hydroxylation is 1. The molecular weight excluding hydrogens is 257 g/mol. The number of alkyl halides is 2. The molecule has 1 aromatic rings. The number of nitrogens with two attached hydrogens (primary N) is 1. The molecule has 0 atom stereocenters. The van der Waals surface area contributed by atoms with Crippen LogP contribution in [-0.4, -0.2) is 16.8 Å². The number of carbonyl (C=O) groups is 1. The van der Waals surface area contributed by atoms with E-state index in [0.29, 0.717) is 5.69 Å². The average molecular weight is 272 g/mol. The molecule has 0 aromatic carbocycles. The lowest BCUT2D eigenvalue weighted by atomic mass is 9.80. The smallest absolute Gasteiger partial charge is 0.250 e. The van der Waals surface area contributed by atoms with Crippen LogP contribution in [-0.2, 0) is 0 Å². The molecule has 0 saturated heterocycles. The summed E-state index contributed by atoms with van der Waals surface area (Å²) in [5.41, 5.74) is 5.77. The third-order valence-electron chi connectivity index (χ3n) is 3.63. The zero-order valence-corrected chi connectivity index (χ0v) is 10.5. The summed E-state index contributed by atoms with van der Waals surface area (Å²) in [4.78, 5) is 15.2. The zero-order valence-electron chi connectivity index (χ0n) is 10.5. The van der Waals surface area contributed by atoms with Crippen molar-refractivity contribution in [2.24, 2.45) is 5.73 Å². The molecule has 1 heterocycles. The summed E-state index contributed by atoms with van der Waals surface area (Å²) < 4.78 is 40.2. The minimum absolute atomic E-state index is 0.0372. The van der Waals surface area contributed by atoms with Crippen LogP contribution in [0.5, 0.6) is 0 Å². The van der Waals surface area contributed by atoms with Crippen LogP contribution in [0.15, 0.2) is 6.20 Å². The molecule has 1 aliphatic carbocycles. The predicted octanol–water partition coefficient (Wildman–Crippen LogP) is 2.92. The number of rotatable bonds is 2. The van der Waals surface area contributed by atoms with E-state index in [1.54, 1.807) is 6.92 Å². The van der Waals surface area contributed by atoms with Crippen molar-refractivity contribution >= 4 is 5.91 Å². The standard InChI is InChI=1S/C13H15F3N2O/c1-7-10(12(17)19)11(9(14)6-18-7)8-2-4-13(15,16)5-3-8/h6,8H,2-5H2,1H3,(H2,17,19). The van der Waals surface area contributed by atoms with Crippen molar-refractivity contribution in [2.75, 3.05) is 0 Å². The molecule has 1 aromatic heterocycles. The number of carbonyl (C=O) groups excluding carboxylic acids is 1. The van der Waals surface area contributed by atoms with E-state index in [9.17, 15) is 18.0 Å². The minimum atomic E-state index is -2.69. The number of amides is 1. The molecule has 104 valence electrons. The van der Waals surface area contributed by atoms with Gasteiger partial charge in [-0.3, -0.25) is 9.78 Å². The highest BCUT2D eigenvalue weighted by atomic mass is 19.3. The van der Waals surface area contributed by atoms with Gasteiger partial charge in [0.1, 0.15) is 5.82 Å². The van der Waals surface area contributed by atoms with E-state index < -0.39 is 23.6 Å². The fourth-order valence-corrected chi connectivity index (χ4v) is 2.64. The van der Waals surface area contributed by atoms with Crippen LogP contribution >= 0.6 is 0 Å². The second kappa shape index (κ2) is 4.83. The summed E-state index contributed by atoms with van der Waals surface area (Å²) in [5, 5.41) is 0. The molecule has 0 unspecified atom stereocenters. The SMILES string of the molecule is Cc1ncc(F)c(C2CCC(F)(F)CC2)c1C(N)=O. The number of halogens is 3. The first-order valence-electron chi connectivity index (χ1n) is 6.14. The van der Waals surface area contributed by atoms with Gasteiger partial charge in [-0.15, -0.1) is 0 Å². The van der Waals surface area contributed by atoms with Gasteiger partial charge in [-0.1, -0.05) is 0 Å². The maximum atomic E-state index is 13.9. The van der Waals surface area contributed by atoms with E-state index in [2.05, 4.69) is 4.98 Å². The predicted molar refractivity (Wildman–Crippen MR) is 63.6 cm³/mol. The van der Waals surface area contributed by atoms with Gasteiger partial charge < -0.3 is 5.73 Å². The van der Waals surface area contributed by atoms with Gasteiger partial charge in [0.2, 0.25) is 5.92 Å².